The van der Waals surface area contributed by atoms with Gasteiger partial charge in [0.15, 0.2) is 6.10 Å². The lowest BCUT2D eigenvalue weighted by Crippen LogP contribution is -2.30. The van der Waals surface area contributed by atoms with Crippen LogP contribution in [0.4, 0.5) is 5.69 Å². The Morgan fingerprint density at radius 2 is 1.71 bits per heavy atom. The van der Waals surface area contributed by atoms with E-state index in [1.165, 1.54) is 0 Å². The van der Waals surface area contributed by atoms with E-state index in [0.29, 0.717) is 22.7 Å². The molecule has 6 heteroatoms. The molecule has 1 unspecified atom stereocenters. The molecule has 1 heterocycles. The molecule has 31 heavy (non-hydrogen) atoms. The first-order chi connectivity index (χ1) is 14.9. The van der Waals surface area contributed by atoms with Crippen LogP contribution >= 0.6 is 0 Å². The van der Waals surface area contributed by atoms with Gasteiger partial charge < -0.3 is 14.8 Å². The van der Waals surface area contributed by atoms with Crippen LogP contribution in [0.5, 0.6) is 5.75 Å². The van der Waals surface area contributed by atoms with Crippen molar-refractivity contribution in [2.75, 3.05) is 12.4 Å². The number of pyridine rings is 1. The summed E-state index contributed by atoms with van der Waals surface area (Å²) < 4.78 is 10.7. The Hall–Kier alpha value is -3.93. The Morgan fingerprint density at radius 3 is 2.48 bits per heavy atom. The number of fused-ring (bicyclic) bond motifs is 2. The van der Waals surface area contributed by atoms with E-state index in [2.05, 4.69) is 10.3 Å². The van der Waals surface area contributed by atoms with Crippen molar-refractivity contribution in [3.63, 3.8) is 0 Å². The average Bonchev–Trinajstić information content (AvgIpc) is 2.78. The van der Waals surface area contributed by atoms with Crippen LogP contribution in [-0.4, -0.2) is 30.1 Å². The van der Waals surface area contributed by atoms with Crippen molar-refractivity contribution < 1.29 is 19.1 Å². The van der Waals surface area contributed by atoms with Crippen molar-refractivity contribution in [3.8, 4) is 5.75 Å². The summed E-state index contributed by atoms with van der Waals surface area (Å²) in [6.07, 6.45) is -0.973. The van der Waals surface area contributed by atoms with Gasteiger partial charge in [-0.2, -0.15) is 0 Å². The number of amides is 1. The number of hydrogen-bond acceptors (Lipinski definition) is 5. The van der Waals surface area contributed by atoms with E-state index in [1.807, 2.05) is 54.6 Å². The summed E-state index contributed by atoms with van der Waals surface area (Å²) in [6.45, 7) is 3.28. The summed E-state index contributed by atoms with van der Waals surface area (Å²) in [5.74, 6) is -0.340. The fraction of sp³-hybridized carbons (Fsp3) is 0.160. The van der Waals surface area contributed by atoms with Gasteiger partial charge in [-0.05, 0) is 61.0 Å². The molecule has 0 radical (unpaired) electrons. The summed E-state index contributed by atoms with van der Waals surface area (Å²) in [4.78, 5) is 29.8. The van der Waals surface area contributed by atoms with Gasteiger partial charge in [0, 0.05) is 11.1 Å². The highest BCUT2D eigenvalue weighted by Crippen LogP contribution is 2.23. The maximum absolute atomic E-state index is 12.7. The van der Waals surface area contributed by atoms with E-state index in [4.69, 9.17) is 9.47 Å². The van der Waals surface area contributed by atoms with E-state index >= 15 is 0 Å². The van der Waals surface area contributed by atoms with Gasteiger partial charge >= 0.3 is 5.97 Å². The lowest BCUT2D eigenvalue weighted by Gasteiger charge is -2.15. The highest BCUT2D eigenvalue weighted by Gasteiger charge is 2.21. The van der Waals surface area contributed by atoms with Crippen molar-refractivity contribution >= 4 is 39.2 Å². The fourth-order valence-corrected chi connectivity index (χ4v) is 3.37. The van der Waals surface area contributed by atoms with E-state index in [0.717, 1.165) is 21.7 Å². The van der Waals surface area contributed by atoms with Crippen molar-refractivity contribution in [1.82, 2.24) is 4.98 Å². The Balaban J connectivity index is 1.49. The smallest absolute Gasteiger partial charge is 0.340 e. The predicted molar refractivity (Wildman–Crippen MR) is 120 cm³/mol. The normalized spacial score (nSPS) is 11.8. The number of ether oxygens (including phenoxy) is 2. The average molecular weight is 414 g/mol. The van der Waals surface area contributed by atoms with E-state index < -0.39 is 18.0 Å². The van der Waals surface area contributed by atoms with Crippen LogP contribution in [0.25, 0.3) is 21.7 Å². The number of anilines is 1. The van der Waals surface area contributed by atoms with Crippen molar-refractivity contribution in [2.45, 2.75) is 20.0 Å². The van der Waals surface area contributed by atoms with E-state index in [9.17, 15) is 9.59 Å². The van der Waals surface area contributed by atoms with Crippen molar-refractivity contribution in [2.24, 2.45) is 0 Å². The largest absolute Gasteiger partial charge is 0.497 e. The number of esters is 1. The van der Waals surface area contributed by atoms with Gasteiger partial charge in [0.05, 0.1) is 23.9 Å². The molecule has 4 aromatic rings. The topological polar surface area (TPSA) is 77.5 Å². The first kappa shape index (κ1) is 20.3. The van der Waals surface area contributed by atoms with Gasteiger partial charge in [-0.15, -0.1) is 0 Å². The number of aromatic nitrogens is 1. The summed E-state index contributed by atoms with van der Waals surface area (Å²) in [6, 6.07) is 20.6. The third-order valence-electron chi connectivity index (χ3n) is 5.10. The molecule has 1 atom stereocenters. The molecule has 1 N–H and O–H groups in total. The third-order valence-corrected chi connectivity index (χ3v) is 5.10. The Kier molecular flexibility index (Phi) is 5.54. The number of nitrogens with one attached hydrogen (secondary N) is 1. The molecular weight excluding hydrogens is 392 g/mol. The maximum atomic E-state index is 12.7. The quantitative estimate of drug-likeness (QED) is 0.471. The Morgan fingerprint density at radius 1 is 0.935 bits per heavy atom. The molecule has 0 saturated carbocycles. The molecule has 0 aliphatic heterocycles. The van der Waals surface area contributed by atoms with Crippen LogP contribution in [-0.2, 0) is 9.53 Å². The monoisotopic (exact) mass is 414 g/mol. The molecule has 0 aliphatic rings. The second-order valence-electron chi connectivity index (χ2n) is 7.28. The number of rotatable bonds is 5. The zero-order valence-corrected chi connectivity index (χ0v) is 17.5. The summed E-state index contributed by atoms with van der Waals surface area (Å²) >= 11 is 0. The fourth-order valence-electron chi connectivity index (χ4n) is 3.37. The van der Waals surface area contributed by atoms with E-state index in [1.54, 1.807) is 33.1 Å². The SMILES string of the molecule is COc1ccc2nc(C)c(C(=O)OC(C)C(=O)Nc3ccc4ccccc4c3)cc2c1. The van der Waals surface area contributed by atoms with Crippen molar-refractivity contribution in [1.29, 1.82) is 0 Å². The first-order valence-electron chi connectivity index (χ1n) is 9.90. The minimum Gasteiger partial charge on any atom is -0.497 e. The molecule has 0 fully saturated rings. The van der Waals surface area contributed by atoms with Gasteiger partial charge in [0.1, 0.15) is 5.75 Å². The number of hydrogen-bond donors (Lipinski definition) is 1. The zero-order chi connectivity index (χ0) is 22.0. The minimum atomic E-state index is -0.973. The van der Waals surface area contributed by atoms with Gasteiger partial charge in [-0.25, -0.2) is 4.79 Å². The maximum Gasteiger partial charge on any atom is 0.340 e. The number of aryl methyl sites for hydroxylation is 1. The van der Waals surface area contributed by atoms with Gasteiger partial charge in [-0.1, -0.05) is 30.3 Å². The van der Waals surface area contributed by atoms with Crippen LogP contribution in [0.1, 0.15) is 23.0 Å². The van der Waals surface area contributed by atoms with E-state index in [-0.39, 0.29) is 0 Å². The Bertz CT molecular complexity index is 1300. The molecule has 0 bridgehead atoms. The molecular formula is C25H22N2O4. The van der Waals surface area contributed by atoms with Gasteiger partial charge in [0.2, 0.25) is 0 Å². The van der Waals surface area contributed by atoms with Crippen LogP contribution in [0.15, 0.2) is 66.7 Å². The second-order valence-corrected chi connectivity index (χ2v) is 7.28. The number of benzene rings is 3. The number of nitrogens with zero attached hydrogens (tertiary/aromatic N) is 1. The molecule has 1 aromatic heterocycles. The molecule has 3 aromatic carbocycles. The second kappa shape index (κ2) is 8.44. The summed E-state index contributed by atoms with van der Waals surface area (Å²) in [5.41, 5.74) is 2.23. The van der Waals surface area contributed by atoms with Crippen LogP contribution in [0.2, 0.25) is 0 Å². The Labute approximate surface area is 179 Å². The molecule has 0 saturated heterocycles. The third kappa shape index (κ3) is 4.33. The van der Waals surface area contributed by atoms with Crippen LogP contribution in [0.3, 0.4) is 0 Å². The highest BCUT2D eigenvalue weighted by molar-refractivity contribution is 6.00. The number of carbonyl (C=O) groups excluding carboxylic acids is 2. The lowest BCUT2D eigenvalue weighted by atomic mass is 10.1. The predicted octanol–water partition coefficient (Wildman–Crippen LogP) is 4.89. The minimum absolute atomic E-state index is 0.311. The van der Waals surface area contributed by atoms with Crippen molar-refractivity contribution in [3.05, 3.63) is 78.0 Å². The van der Waals surface area contributed by atoms with Gasteiger partial charge in [-0.3, -0.25) is 9.78 Å². The first-order valence-corrected chi connectivity index (χ1v) is 9.90. The summed E-state index contributed by atoms with van der Waals surface area (Å²) in [7, 11) is 1.58. The van der Waals surface area contributed by atoms with Crippen LogP contribution < -0.4 is 10.1 Å². The molecule has 6 nitrogen and oxygen atoms in total. The molecule has 0 aliphatic carbocycles. The van der Waals surface area contributed by atoms with Crippen LogP contribution in [0, 0.1) is 6.92 Å². The molecule has 156 valence electrons. The molecule has 0 spiro atoms. The number of carbonyl (C=O) groups is 2. The lowest BCUT2D eigenvalue weighted by molar-refractivity contribution is -0.123. The highest BCUT2D eigenvalue weighted by atomic mass is 16.5. The number of methoxy groups -OCH3 is 1. The summed E-state index contributed by atoms with van der Waals surface area (Å²) in [5, 5.41) is 5.65. The molecule has 1 amide bonds. The molecule has 4 rings (SSSR count). The standard InChI is InChI=1S/C25H22N2O4/c1-15-22(14-19-13-21(30-3)10-11-23(19)26-15)25(29)31-16(2)24(28)27-20-9-8-17-6-4-5-7-18(17)12-20/h4-14,16H,1-3H3,(H,27,28). The van der Waals surface area contributed by atoms with Gasteiger partial charge in [0.25, 0.3) is 5.91 Å². The zero-order valence-electron chi connectivity index (χ0n) is 17.5.